The number of cyclic esters (lactones) is 1. The molecule has 10 heteroatoms. The average molecular weight is 606 g/mol. The Bertz CT molecular complexity index is 1110. The van der Waals surface area contributed by atoms with E-state index in [0.29, 0.717) is 58.1 Å². The smallest absolute Gasteiger partial charge is 0.331 e. The van der Waals surface area contributed by atoms with Crippen molar-refractivity contribution < 1.29 is 44.2 Å². The Morgan fingerprint density at radius 2 is 1.91 bits per heavy atom. The van der Waals surface area contributed by atoms with E-state index in [4.69, 9.17) is 23.9 Å². The minimum absolute atomic E-state index is 0.00313. The summed E-state index contributed by atoms with van der Waals surface area (Å²) < 4.78 is 23.2. The highest BCUT2D eigenvalue weighted by Gasteiger charge is 2.71. The zero-order chi connectivity index (χ0) is 30.6. The van der Waals surface area contributed by atoms with Gasteiger partial charge in [0.1, 0.15) is 12.7 Å². The maximum Gasteiger partial charge on any atom is 0.331 e. The molecule has 0 aromatic carbocycles. The van der Waals surface area contributed by atoms with Crippen molar-refractivity contribution in [2.24, 2.45) is 33.6 Å². The molecule has 0 bridgehead atoms. The lowest BCUT2D eigenvalue weighted by atomic mass is 9.41. The van der Waals surface area contributed by atoms with Gasteiger partial charge in [0.15, 0.2) is 6.29 Å². The Balaban J connectivity index is 1.26. The molecule has 4 N–H and O–H groups in total. The molecule has 12 atom stereocenters. The van der Waals surface area contributed by atoms with Crippen LogP contribution in [0.25, 0.3) is 0 Å². The molecule has 2 aliphatic heterocycles. The molecule has 43 heavy (non-hydrogen) atoms. The molecule has 5 fully saturated rings. The molecule has 1 saturated heterocycles. The molecule has 4 aliphatic carbocycles. The third kappa shape index (κ3) is 5.04. The molecule has 10 nitrogen and oxygen atoms in total. The number of rotatable bonds is 8. The number of carbonyl (C=O) groups is 1. The van der Waals surface area contributed by atoms with Gasteiger partial charge < -0.3 is 39.4 Å². The summed E-state index contributed by atoms with van der Waals surface area (Å²) in [6.45, 7) is 4.90. The number of hydrogen-bond acceptors (Lipinski definition) is 10. The number of aliphatic imine (C=N–C) groups is 1. The lowest BCUT2D eigenvalue weighted by molar-refractivity contribution is -0.284. The molecule has 0 amide bonds. The molecule has 4 saturated carbocycles. The van der Waals surface area contributed by atoms with Crippen molar-refractivity contribution in [2.45, 2.75) is 126 Å². The van der Waals surface area contributed by atoms with Crippen molar-refractivity contribution in [1.82, 2.24) is 0 Å². The van der Waals surface area contributed by atoms with E-state index in [0.717, 1.165) is 31.3 Å². The first-order valence-corrected chi connectivity index (χ1v) is 16.5. The molecule has 0 aromatic rings. The number of carbonyl (C=O) groups excluding carboxylic acids is 1. The summed E-state index contributed by atoms with van der Waals surface area (Å²) in [6, 6.07) is 0. The predicted octanol–water partition coefficient (Wildman–Crippen LogP) is 2.69. The second-order valence-electron chi connectivity index (χ2n) is 14.5. The minimum atomic E-state index is -1.06. The first kappa shape index (κ1) is 31.6. The highest BCUT2D eigenvalue weighted by atomic mass is 16.7. The van der Waals surface area contributed by atoms with E-state index in [1.54, 1.807) is 13.2 Å². The maximum atomic E-state index is 12.6. The molecule has 0 spiro atoms. The van der Waals surface area contributed by atoms with E-state index in [1.165, 1.54) is 0 Å². The van der Waals surface area contributed by atoms with Gasteiger partial charge in [0.05, 0.1) is 29.5 Å². The lowest BCUT2D eigenvalue weighted by Gasteiger charge is -2.66. The zero-order valence-corrected chi connectivity index (χ0v) is 26.0. The third-order valence-electron chi connectivity index (χ3n) is 12.7. The van der Waals surface area contributed by atoms with Gasteiger partial charge in [-0.15, -0.1) is 0 Å². The normalized spacial score (nSPS) is 49.7. The molecule has 2 heterocycles. The van der Waals surface area contributed by atoms with Crippen LogP contribution in [0.1, 0.15) is 84.5 Å². The minimum Gasteiger partial charge on any atom is -0.458 e. The zero-order valence-electron chi connectivity index (χ0n) is 26.0. The third-order valence-corrected chi connectivity index (χ3v) is 12.7. The van der Waals surface area contributed by atoms with Crippen molar-refractivity contribution in [1.29, 1.82) is 0 Å². The number of hydrogen-bond donors (Lipinski definition) is 4. The summed E-state index contributed by atoms with van der Waals surface area (Å²) >= 11 is 0. The van der Waals surface area contributed by atoms with Crippen LogP contribution in [-0.2, 0) is 23.7 Å². The summed E-state index contributed by atoms with van der Waals surface area (Å²) in [5.74, 6) is -0.125. The van der Waals surface area contributed by atoms with Crippen molar-refractivity contribution in [3.05, 3.63) is 11.6 Å². The van der Waals surface area contributed by atoms with Crippen LogP contribution < -0.4 is 0 Å². The van der Waals surface area contributed by atoms with Crippen LogP contribution in [-0.4, -0.2) is 101 Å². The molecule has 0 aromatic heterocycles. The fourth-order valence-corrected chi connectivity index (χ4v) is 10.4. The second-order valence-corrected chi connectivity index (χ2v) is 14.5. The Labute approximate surface area is 254 Å². The monoisotopic (exact) mass is 605 g/mol. The van der Waals surface area contributed by atoms with Crippen LogP contribution in [0.15, 0.2) is 16.6 Å². The molecular formula is C33H51NO9. The Hall–Kier alpha value is -1.40. The van der Waals surface area contributed by atoms with Crippen LogP contribution in [0.4, 0.5) is 0 Å². The van der Waals surface area contributed by atoms with Gasteiger partial charge in [0.25, 0.3) is 0 Å². The largest absolute Gasteiger partial charge is 0.458 e. The number of methoxy groups -OCH3 is 1. The average Bonchev–Trinajstić information content (AvgIpc) is 3.52. The molecule has 0 radical (unpaired) electrons. The van der Waals surface area contributed by atoms with Gasteiger partial charge in [0, 0.05) is 56.2 Å². The number of aliphatic hydroxyl groups excluding tert-OH is 2. The van der Waals surface area contributed by atoms with Crippen LogP contribution in [0.5, 0.6) is 0 Å². The predicted molar refractivity (Wildman–Crippen MR) is 157 cm³/mol. The summed E-state index contributed by atoms with van der Waals surface area (Å²) in [7, 11) is 1.59. The van der Waals surface area contributed by atoms with Crippen LogP contribution in [0.3, 0.4) is 0 Å². The van der Waals surface area contributed by atoms with E-state index in [2.05, 4.69) is 6.92 Å². The van der Waals surface area contributed by atoms with Crippen LogP contribution in [0, 0.1) is 28.6 Å². The Morgan fingerprint density at radius 3 is 2.63 bits per heavy atom. The number of aliphatic hydroxyl groups is 4. The summed E-state index contributed by atoms with van der Waals surface area (Å²) in [5.41, 5.74) is -1.93. The van der Waals surface area contributed by atoms with Gasteiger partial charge in [-0.1, -0.05) is 6.92 Å². The van der Waals surface area contributed by atoms with Gasteiger partial charge in [0.2, 0.25) is 0 Å². The lowest BCUT2D eigenvalue weighted by Crippen LogP contribution is -2.69. The molecule has 8 unspecified atom stereocenters. The second kappa shape index (κ2) is 11.8. The van der Waals surface area contributed by atoms with Crippen molar-refractivity contribution >= 4 is 12.2 Å². The van der Waals surface area contributed by atoms with E-state index in [-0.39, 0.29) is 48.0 Å². The SMILES string of the molecule is COC1CC(OC2CC[C@]3(C=NCCCO)[C@H]4CC[C@]5(C)[C@H](C6=CC(=O)OC6)CCC5(O)C4CCC3(O)C2)OC(C)C1O. The number of ether oxygens (including phenoxy) is 4. The Kier molecular flexibility index (Phi) is 8.63. The van der Waals surface area contributed by atoms with Gasteiger partial charge in [-0.3, -0.25) is 4.99 Å². The fourth-order valence-electron chi connectivity index (χ4n) is 10.4. The Morgan fingerprint density at radius 1 is 1.12 bits per heavy atom. The molecular weight excluding hydrogens is 554 g/mol. The highest BCUT2D eigenvalue weighted by Crippen LogP contribution is 2.70. The van der Waals surface area contributed by atoms with Crippen molar-refractivity contribution in [3.63, 3.8) is 0 Å². The van der Waals surface area contributed by atoms with Gasteiger partial charge >= 0.3 is 5.97 Å². The van der Waals surface area contributed by atoms with Crippen molar-refractivity contribution in [2.75, 3.05) is 26.9 Å². The topological polar surface area (TPSA) is 147 Å². The van der Waals surface area contributed by atoms with E-state index < -0.39 is 35.1 Å². The number of esters is 1. The number of fused-ring (bicyclic) bond motifs is 5. The quantitative estimate of drug-likeness (QED) is 0.142. The van der Waals surface area contributed by atoms with Gasteiger partial charge in [-0.2, -0.15) is 0 Å². The number of nitrogens with zero attached hydrogens (tertiary/aromatic N) is 1. The van der Waals surface area contributed by atoms with Gasteiger partial charge in [-0.25, -0.2) is 4.79 Å². The summed E-state index contributed by atoms with van der Waals surface area (Å²) in [6.07, 6.45) is 8.64. The molecule has 6 aliphatic rings. The molecule has 242 valence electrons. The first-order chi connectivity index (χ1) is 20.5. The van der Waals surface area contributed by atoms with Gasteiger partial charge in [-0.05, 0) is 88.0 Å². The van der Waals surface area contributed by atoms with E-state index in [1.807, 2.05) is 13.1 Å². The fraction of sp³-hybridized carbons (Fsp3) is 0.879. The van der Waals surface area contributed by atoms with Crippen LogP contribution >= 0.6 is 0 Å². The van der Waals surface area contributed by atoms with E-state index in [9.17, 15) is 25.2 Å². The van der Waals surface area contributed by atoms with Crippen LogP contribution in [0.2, 0.25) is 0 Å². The standard InChI is InChI=1S/C33H51NO9/c1-20-29(37)26(40-3)16-28(42-20)43-22-5-10-31(19-34-13-4-14-35)24-6-9-30(2)23(21-15-27(36)41-18-21)8-12-33(30,39)25(24)7-11-32(31,38)17-22/h15,19-20,22-26,28-29,35,37-39H,4-14,16-18H2,1-3H3/t20?,22?,23-,24-,25?,26?,28?,29?,30+,31-,32?,33?/m0/s1. The van der Waals surface area contributed by atoms with E-state index >= 15 is 0 Å². The summed E-state index contributed by atoms with van der Waals surface area (Å²) in [5, 5.41) is 45.0. The molecule has 6 rings (SSSR count). The summed E-state index contributed by atoms with van der Waals surface area (Å²) in [4.78, 5) is 16.7. The maximum absolute atomic E-state index is 12.6. The van der Waals surface area contributed by atoms with Crippen molar-refractivity contribution in [3.8, 4) is 0 Å². The first-order valence-electron chi connectivity index (χ1n) is 16.5. The highest BCUT2D eigenvalue weighted by molar-refractivity contribution is 5.85.